The fourth-order valence-electron chi connectivity index (χ4n) is 6.20. The average Bonchev–Trinajstić information content (AvgIpc) is 3.31. The molecule has 7 N–H and O–H groups in total. The number of carboxylic acid groups (broad SMARTS) is 3. The van der Waals surface area contributed by atoms with Gasteiger partial charge < -0.3 is 36.1 Å². The molecule has 2 saturated heterocycles. The molecule has 0 radical (unpaired) electrons. The van der Waals surface area contributed by atoms with Crippen molar-refractivity contribution in [1.82, 2.24) is 21.1 Å². The maximum absolute atomic E-state index is 13.6. The van der Waals surface area contributed by atoms with Crippen molar-refractivity contribution in [2.45, 2.75) is 31.8 Å². The third-order valence-electron chi connectivity index (χ3n) is 8.11. The number of nitrogens with zero attached hydrogens (tertiary/aromatic N) is 2. The van der Waals surface area contributed by atoms with Crippen molar-refractivity contribution in [3.8, 4) is 0 Å². The van der Waals surface area contributed by atoms with Gasteiger partial charge in [-0.15, -0.1) is 0 Å². The van der Waals surface area contributed by atoms with Crippen LogP contribution in [-0.4, -0.2) is 100.0 Å². The smallest absolute Gasteiger partial charge is 0.315 e. The lowest BCUT2D eigenvalue weighted by Crippen LogP contribution is -2.83. The second-order valence-electron chi connectivity index (χ2n) is 10.9. The van der Waals surface area contributed by atoms with Gasteiger partial charge in [0, 0.05) is 25.9 Å². The van der Waals surface area contributed by atoms with Crippen molar-refractivity contribution in [2.24, 2.45) is 17.1 Å². The number of aliphatic carboxylic acids is 2. The Hall–Kier alpha value is -2.75. The van der Waals surface area contributed by atoms with E-state index >= 15 is 0 Å². The number of thiocarbonyl (C=S) groups is 1. The first kappa shape index (κ1) is 32.8. The molecule has 2 heterocycles. The van der Waals surface area contributed by atoms with E-state index in [9.17, 15) is 34.5 Å². The number of halogens is 2. The fourth-order valence-corrected chi connectivity index (χ4v) is 6.59. The molecule has 4 atom stereocenters. The summed E-state index contributed by atoms with van der Waals surface area (Å²) in [7, 11) is 0. The van der Waals surface area contributed by atoms with Gasteiger partial charge in [0.1, 0.15) is 17.3 Å². The number of nitrogens with two attached hydrogens (primary N) is 1. The lowest BCUT2D eigenvalue weighted by molar-refractivity contribution is -0.980. The van der Waals surface area contributed by atoms with E-state index in [0.29, 0.717) is 28.6 Å². The molecule has 0 bridgehead atoms. The Morgan fingerprint density at radius 2 is 2.00 bits per heavy atom. The van der Waals surface area contributed by atoms with Crippen molar-refractivity contribution >= 4 is 64.3 Å². The van der Waals surface area contributed by atoms with Gasteiger partial charge in [0.15, 0.2) is 5.11 Å². The molecule has 2 aliphatic rings. The lowest BCUT2D eigenvalue weighted by Gasteiger charge is -2.59. The SMILES string of the molecule is C[C@@](CC(=O)O)(C[N+]1(C2(CNNC(N)=S)CNCCN2C(=O)[O-])CCC(C(=O)Cc2ccc(Cl)c(Cl)c2)C1)C(=O)O. The lowest BCUT2D eigenvalue weighted by atomic mass is 9.83. The Balaban J connectivity index is 2.09. The number of hydrogen-bond donors (Lipinski definition) is 6. The minimum atomic E-state index is -1.80. The summed E-state index contributed by atoms with van der Waals surface area (Å²) in [6.07, 6.45) is -1.85. The summed E-state index contributed by atoms with van der Waals surface area (Å²) >= 11 is 17.0. The number of likely N-dealkylation sites (tertiary alicyclic amines) is 1. The van der Waals surface area contributed by atoms with Crippen LogP contribution in [0.15, 0.2) is 18.2 Å². The van der Waals surface area contributed by atoms with Crippen LogP contribution >= 0.6 is 35.4 Å². The van der Waals surface area contributed by atoms with E-state index in [1.165, 1.54) is 6.92 Å². The third-order valence-corrected chi connectivity index (χ3v) is 8.95. The van der Waals surface area contributed by atoms with Crippen molar-refractivity contribution in [2.75, 3.05) is 45.8 Å². The Labute approximate surface area is 252 Å². The highest BCUT2D eigenvalue weighted by Crippen LogP contribution is 2.42. The number of quaternary nitrogens is 1. The molecule has 3 unspecified atom stereocenters. The molecule has 1 aromatic rings. The van der Waals surface area contributed by atoms with Crippen LogP contribution in [0.25, 0.3) is 0 Å². The van der Waals surface area contributed by atoms with Crippen LogP contribution in [0.4, 0.5) is 4.79 Å². The summed E-state index contributed by atoms with van der Waals surface area (Å²) < 4.78 is -0.214. The summed E-state index contributed by atoms with van der Waals surface area (Å²) in [5.41, 5.74) is 8.45. The van der Waals surface area contributed by atoms with Crippen LogP contribution in [-0.2, 0) is 20.8 Å². The zero-order valence-corrected chi connectivity index (χ0v) is 24.8. The minimum Gasteiger partial charge on any atom is -0.530 e. The minimum absolute atomic E-state index is 0.0156. The van der Waals surface area contributed by atoms with Crippen molar-refractivity contribution in [3.05, 3.63) is 33.8 Å². The number of carboxylic acids is 2. The van der Waals surface area contributed by atoms with Gasteiger partial charge in [0.05, 0.1) is 55.1 Å². The number of ketones is 1. The van der Waals surface area contributed by atoms with E-state index in [0.717, 1.165) is 4.90 Å². The van der Waals surface area contributed by atoms with Crippen LogP contribution in [0.5, 0.6) is 0 Å². The number of carbonyl (C=O) groups is 4. The maximum Gasteiger partial charge on any atom is 0.315 e. The molecule has 0 spiro atoms. The molecule has 0 aliphatic carbocycles. The van der Waals surface area contributed by atoms with Crippen LogP contribution in [0.2, 0.25) is 10.0 Å². The highest BCUT2D eigenvalue weighted by atomic mass is 35.5. The molecule has 2 fully saturated rings. The number of piperazine rings is 1. The number of nitrogens with one attached hydrogen (secondary N) is 3. The van der Waals surface area contributed by atoms with E-state index in [4.69, 9.17) is 41.2 Å². The number of hydrazine groups is 1. The summed E-state index contributed by atoms with van der Waals surface area (Å²) in [4.78, 5) is 51.5. The van der Waals surface area contributed by atoms with E-state index in [2.05, 4.69) is 16.2 Å². The Morgan fingerprint density at radius 1 is 1.29 bits per heavy atom. The van der Waals surface area contributed by atoms with Crippen molar-refractivity contribution in [1.29, 1.82) is 0 Å². The van der Waals surface area contributed by atoms with E-state index < -0.39 is 41.4 Å². The van der Waals surface area contributed by atoms with E-state index in [1.807, 2.05) is 0 Å². The summed E-state index contributed by atoms with van der Waals surface area (Å²) in [5.74, 6) is -3.40. The molecule has 41 heavy (non-hydrogen) atoms. The Kier molecular flexibility index (Phi) is 10.4. The molecule has 13 nitrogen and oxygen atoms in total. The molecule has 2 aliphatic heterocycles. The van der Waals surface area contributed by atoms with Gasteiger partial charge in [-0.2, -0.15) is 0 Å². The standard InChI is InChI=1S/C25H34Cl2N6O7S/c1-24(21(37)38,10-20(35)36)14-33(25(13-30-31-22(28)41)12-29-5-6-32(25)23(39)40)7-4-16(11-33)19(34)9-15-2-3-17(26)18(27)8-15/h2-3,8,16,29-30H,4-7,9-14H2,1H3,(H5-,28,31,35,36,37,38,39,40,41)/t16?,24-,25?,33?/m1/s1. The number of rotatable bonds is 12. The topological polar surface area (TPSA) is 197 Å². The van der Waals surface area contributed by atoms with Gasteiger partial charge >= 0.3 is 11.9 Å². The Morgan fingerprint density at radius 3 is 2.59 bits per heavy atom. The van der Waals surface area contributed by atoms with Crippen molar-refractivity contribution < 1.29 is 39.0 Å². The third kappa shape index (κ3) is 7.19. The maximum atomic E-state index is 13.6. The number of carbonyl (C=O) groups excluding carboxylic acids is 2. The van der Waals surface area contributed by atoms with Crippen LogP contribution in [0.1, 0.15) is 25.3 Å². The van der Waals surface area contributed by atoms with E-state index in [-0.39, 0.29) is 61.1 Å². The summed E-state index contributed by atoms with van der Waals surface area (Å²) in [6.45, 7) is 1.58. The zero-order valence-electron chi connectivity index (χ0n) is 22.5. The monoisotopic (exact) mass is 632 g/mol. The Bertz CT molecular complexity index is 1220. The predicted octanol–water partition coefficient (Wildman–Crippen LogP) is -0.210. The van der Waals surface area contributed by atoms with Gasteiger partial charge in [-0.3, -0.25) is 24.3 Å². The van der Waals surface area contributed by atoms with Gasteiger partial charge in [0.2, 0.25) is 5.66 Å². The van der Waals surface area contributed by atoms with Gasteiger partial charge in [-0.05, 0) is 36.8 Å². The largest absolute Gasteiger partial charge is 0.530 e. The van der Waals surface area contributed by atoms with Crippen molar-refractivity contribution in [3.63, 3.8) is 0 Å². The number of benzene rings is 1. The van der Waals surface area contributed by atoms with Gasteiger partial charge in [-0.1, -0.05) is 29.3 Å². The van der Waals surface area contributed by atoms with Crippen LogP contribution < -0.4 is 27.0 Å². The first-order valence-electron chi connectivity index (χ1n) is 12.9. The highest BCUT2D eigenvalue weighted by Gasteiger charge is 2.62. The quantitative estimate of drug-likeness (QED) is 0.101. The normalized spacial score (nSPS) is 25.7. The molecular formula is C25H34Cl2N6O7S. The summed E-state index contributed by atoms with van der Waals surface area (Å²) in [5, 5.41) is 36.1. The zero-order chi connectivity index (χ0) is 30.6. The molecule has 226 valence electrons. The fraction of sp³-hybridized carbons (Fsp3) is 0.560. The average molecular weight is 634 g/mol. The first-order valence-corrected chi connectivity index (χ1v) is 14.1. The molecule has 0 aromatic heterocycles. The van der Waals surface area contributed by atoms with E-state index in [1.54, 1.807) is 18.2 Å². The number of hydrogen-bond acceptors (Lipinski definition) is 8. The number of Topliss-reactive ketones (excluding diaryl/α,β-unsaturated/α-hetero) is 1. The number of amides is 1. The summed E-state index contributed by atoms with van der Waals surface area (Å²) in [6, 6.07) is 4.88. The molecule has 16 heteroatoms. The highest BCUT2D eigenvalue weighted by molar-refractivity contribution is 7.80. The molecule has 1 aromatic carbocycles. The molecule has 1 amide bonds. The second kappa shape index (κ2) is 13.0. The predicted molar refractivity (Wildman–Crippen MR) is 152 cm³/mol. The molecule has 0 saturated carbocycles. The van der Waals surface area contributed by atoms with Crippen LogP contribution in [0, 0.1) is 11.3 Å². The second-order valence-corrected chi connectivity index (χ2v) is 12.2. The van der Waals surface area contributed by atoms with Gasteiger partial charge in [-0.25, -0.2) is 5.43 Å². The van der Waals surface area contributed by atoms with Crippen LogP contribution in [0.3, 0.4) is 0 Å². The molecule has 3 rings (SSSR count). The molecular weight excluding hydrogens is 599 g/mol. The first-order chi connectivity index (χ1) is 19.1. The van der Waals surface area contributed by atoms with Gasteiger partial charge in [0.25, 0.3) is 0 Å².